The van der Waals surface area contributed by atoms with Gasteiger partial charge in [0, 0.05) is 24.9 Å². The zero-order valence-electron chi connectivity index (χ0n) is 24.2. The van der Waals surface area contributed by atoms with Crippen molar-refractivity contribution in [2.24, 2.45) is 0 Å². The van der Waals surface area contributed by atoms with E-state index in [2.05, 4.69) is 25.5 Å². The van der Waals surface area contributed by atoms with Gasteiger partial charge in [-0.05, 0) is 58.8 Å². The van der Waals surface area contributed by atoms with E-state index in [-0.39, 0.29) is 47.8 Å². The van der Waals surface area contributed by atoms with Crippen molar-refractivity contribution in [3.8, 4) is 17.1 Å². The molecular formula is C30H31N7O8. The first-order valence-corrected chi connectivity index (χ1v) is 14.5. The molecule has 0 bridgehead atoms. The number of nitrogens with zero attached hydrogens (tertiary/aromatic N) is 5. The van der Waals surface area contributed by atoms with Crippen molar-refractivity contribution in [3.05, 3.63) is 81.5 Å². The molecule has 2 aromatic heterocycles. The number of aldehydes is 1. The van der Waals surface area contributed by atoms with Crippen molar-refractivity contribution in [1.29, 1.82) is 0 Å². The lowest BCUT2D eigenvalue weighted by Gasteiger charge is -2.12. The predicted molar refractivity (Wildman–Crippen MR) is 156 cm³/mol. The molecule has 2 amide bonds. The van der Waals surface area contributed by atoms with Crippen LogP contribution in [-0.2, 0) is 33.6 Å². The summed E-state index contributed by atoms with van der Waals surface area (Å²) in [6.45, 7) is 0. The third-order valence-electron chi connectivity index (χ3n) is 7.47. The Bertz CT molecular complexity index is 1730. The molecule has 1 aliphatic carbocycles. The summed E-state index contributed by atoms with van der Waals surface area (Å²) in [6.07, 6.45) is 4.60. The number of rotatable bonds is 14. The Kier molecular flexibility index (Phi) is 9.46. The van der Waals surface area contributed by atoms with Gasteiger partial charge in [0.2, 0.25) is 11.6 Å². The minimum absolute atomic E-state index is 0.208. The van der Waals surface area contributed by atoms with E-state index in [1.807, 2.05) is 18.2 Å². The number of amides is 2. The average molecular weight is 618 g/mol. The Morgan fingerprint density at radius 1 is 1.02 bits per heavy atom. The molecule has 0 spiro atoms. The van der Waals surface area contributed by atoms with Crippen LogP contribution in [0.3, 0.4) is 0 Å². The standard InChI is InChI=1S/C30H31N7O8/c38-18-21(17-27(40)41)31-26(39)13-4-2-1-3-8-19-9-7-10-20(16-19)32-30(42)22-11-5-6-12-23(22)35-33-28-24(36(35)43)14-15-25-29(28)34-45-37(25)44/h5-7,9-12,16,18,21H,1-4,8,13-15,17H2,(H,31,39)(H,32,42)(H,40,41). The maximum absolute atomic E-state index is 13.4. The molecule has 1 unspecified atom stereocenters. The highest BCUT2D eigenvalue weighted by Gasteiger charge is 2.39. The van der Waals surface area contributed by atoms with Gasteiger partial charge in [-0.25, -0.2) is 0 Å². The lowest BCUT2D eigenvalue weighted by molar-refractivity contribution is -0.808. The molecular weight excluding hydrogens is 586 g/mol. The molecule has 0 saturated heterocycles. The number of unbranched alkanes of at least 4 members (excludes halogenated alkanes) is 3. The van der Waals surface area contributed by atoms with E-state index in [0.717, 1.165) is 36.0 Å². The summed E-state index contributed by atoms with van der Waals surface area (Å²) in [6, 6.07) is 13.0. The fourth-order valence-electron chi connectivity index (χ4n) is 5.25. The summed E-state index contributed by atoms with van der Waals surface area (Å²) >= 11 is 0. The highest BCUT2D eigenvalue weighted by Crippen LogP contribution is 2.28. The summed E-state index contributed by atoms with van der Waals surface area (Å²) in [4.78, 5) is 49.0. The number of nitrogens with one attached hydrogen (secondary N) is 2. The smallest absolute Gasteiger partial charge is 0.305 e. The van der Waals surface area contributed by atoms with E-state index in [1.54, 1.807) is 30.3 Å². The van der Waals surface area contributed by atoms with Crippen LogP contribution in [0.5, 0.6) is 0 Å². The number of carbonyl (C=O) groups excluding carboxylic acids is 3. The number of hydrogen-bond donors (Lipinski definition) is 3. The molecule has 0 fully saturated rings. The first-order chi connectivity index (χ1) is 21.7. The largest absolute Gasteiger partial charge is 0.692 e. The first kappa shape index (κ1) is 30.8. The van der Waals surface area contributed by atoms with Gasteiger partial charge in [-0.3, -0.25) is 19.0 Å². The van der Waals surface area contributed by atoms with Gasteiger partial charge in [-0.2, -0.15) is 0 Å². The number of aliphatic carboxylic acids is 1. The molecule has 1 atom stereocenters. The van der Waals surface area contributed by atoms with Crippen LogP contribution < -0.4 is 20.4 Å². The van der Waals surface area contributed by atoms with Crippen LogP contribution in [0, 0.1) is 10.4 Å². The number of fused-ring (bicyclic) bond motifs is 3. The third kappa shape index (κ3) is 7.14. The summed E-state index contributed by atoms with van der Waals surface area (Å²) in [5.74, 6) is -1.94. The Morgan fingerprint density at radius 3 is 2.60 bits per heavy atom. The highest BCUT2D eigenvalue weighted by molar-refractivity contribution is 6.06. The SMILES string of the molecule is O=CC(CC(=O)O)NC(=O)CCCCCCc1cccc(NC(=O)c2ccccc2-n2nc3c([n+]2[O-])CCc2c-3no[n+]2[O-])c1. The van der Waals surface area contributed by atoms with Gasteiger partial charge in [0.05, 0.1) is 28.3 Å². The van der Waals surface area contributed by atoms with Crippen LogP contribution in [0.1, 0.15) is 65.8 Å². The van der Waals surface area contributed by atoms with E-state index in [1.165, 1.54) is 0 Å². The molecule has 2 heterocycles. The molecule has 1 aliphatic rings. The maximum Gasteiger partial charge on any atom is 0.305 e. The van der Waals surface area contributed by atoms with Gasteiger partial charge in [-0.15, -0.1) is 4.85 Å². The minimum atomic E-state index is -1.15. The molecule has 0 aliphatic heterocycles. The van der Waals surface area contributed by atoms with Crippen LogP contribution in [0.15, 0.2) is 53.2 Å². The van der Waals surface area contributed by atoms with Gasteiger partial charge < -0.3 is 30.9 Å². The third-order valence-corrected chi connectivity index (χ3v) is 7.47. The van der Waals surface area contributed by atoms with Gasteiger partial charge in [0.25, 0.3) is 5.91 Å². The number of aromatic nitrogens is 5. The van der Waals surface area contributed by atoms with Crippen LogP contribution in [0.4, 0.5) is 5.69 Å². The normalized spacial score (nSPS) is 12.5. The lowest BCUT2D eigenvalue weighted by atomic mass is 10.0. The number of carboxylic acids is 1. The van der Waals surface area contributed by atoms with Crippen LogP contribution in [-0.4, -0.2) is 50.3 Å². The summed E-state index contributed by atoms with van der Waals surface area (Å²) in [5.41, 5.74) is 3.13. The Labute approximate surface area is 256 Å². The molecule has 4 aromatic rings. The lowest BCUT2D eigenvalue weighted by Crippen LogP contribution is -2.42. The van der Waals surface area contributed by atoms with E-state index in [9.17, 15) is 29.6 Å². The van der Waals surface area contributed by atoms with E-state index in [4.69, 9.17) is 5.11 Å². The van der Waals surface area contributed by atoms with E-state index >= 15 is 0 Å². The molecule has 15 nitrogen and oxygen atoms in total. The van der Waals surface area contributed by atoms with Crippen molar-refractivity contribution in [2.45, 2.75) is 63.8 Å². The topological polar surface area (TPSA) is 210 Å². The molecule has 0 saturated carbocycles. The number of carbonyl (C=O) groups is 4. The summed E-state index contributed by atoms with van der Waals surface area (Å²) in [7, 11) is 0. The number of carboxylic acid groups (broad SMARTS) is 1. The van der Waals surface area contributed by atoms with Crippen molar-refractivity contribution in [1.82, 2.24) is 20.4 Å². The molecule has 15 heteroatoms. The van der Waals surface area contributed by atoms with Gasteiger partial charge in [0.1, 0.15) is 12.0 Å². The molecule has 234 valence electrons. The Hall–Kier alpha value is -5.60. The van der Waals surface area contributed by atoms with Gasteiger partial charge in [0.15, 0.2) is 5.69 Å². The summed E-state index contributed by atoms with van der Waals surface area (Å²) < 4.78 is 4.69. The number of para-hydroxylation sites is 1. The Morgan fingerprint density at radius 2 is 1.80 bits per heavy atom. The van der Waals surface area contributed by atoms with Crippen molar-refractivity contribution in [2.75, 3.05) is 5.32 Å². The van der Waals surface area contributed by atoms with E-state index < -0.39 is 24.3 Å². The highest BCUT2D eigenvalue weighted by atomic mass is 16.8. The van der Waals surface area contributed by atoms with Crippen molar-refractivity contribution < 1.29 is 38.7 Å². The molecule has 5 rings (SSSR count). The number of anilines is 1. The van der Waals surface area contributed by atoms with Crippen molar-refractivity contribution >= 4 is 29.8 Å². The predicted octanol–water partition coefficient (Wildman–Crippen LogP) is 1.80. The monoisotopic (exact) mass is 617 g/mol. The maximum atomic E-state index is 13.4. The number of aryl methyl sites for hydroxylation is 1. The van der Waals surface area contributed by atoms with E-state index in [0.29, 0.717) is 39.5 Å². The molecule has 3 N–H and O–H groups in total. The fraction of sp³-hybridized carbons (Fsp3) is 0.333. The number of hydrogen-bond acceptors (Lipinski definition) is 9. The Balaban J connectivity index is 1.16. The second-order valence-corrected chi connectivity index (χ2v) is 10.7. The van der Waals surface area contributed by atoms with Gasteiger partial charge >= 0.3 is 17.4 Å². The fourth-order valence-corrected chi connectivity index (χ4v) is 5.25. The van der Waals surface area contributed by atoms with Gasteiger partial charge in [-0.1, -0.05) is 37.1 Å². The van der Waals surface area contributed by atoms with Crippen LogP contribution >= 0.6 is 0 Å². The molecule has 45 heavy (non-hydrogen) atoms. The minimum Gasteiger partial charge on any atom is -0.692 e. The number of benzene rings is 2. The van der Waals surface area contributed by atoms with Crippen LogP contribution in [0.25, 0.3) is 17.1 Å². The second-order valence-electron chi connectivity index (χ2n) is 10.7. The average Bonchev–Trinajstić information content (AvgIpc) is 3.57. The molecule has 2 aromatic carbocycles. The zero-order chi connectivity index (χ0) is 31.9. The van der Waals surface area contributed by atoms with Crippen LogP contribution in [0.2, 0.25) is 0 Å². The zero-order valence-corrected chi connectivity index (χ0v) is 24.2. The second kappa shape index (κ2) is 13.8. The summed E-state index contributed by atoms with van der Waals surface area (Å²) in [5, 5.41) is 47.2. The first-order valence-electron chi connectivity index (χ1n) is 14.5. The van der Waals surface area contributed by atoms with Crippen molar-refractivity contribution in [3.63, 3.8) is 0 Å². The quantitative estimate of drug-likeness (QED) is 0.0808. The molecule has 0 radical (unpaired) electrons.